The van der Waals surface area contributed by atoms with E-state index < -0.39 is 17.7 Å². The molecule has 7 heteroatoms. The first-order valence-electron chi connectivity index (χ1n) is 8.48. The molecule has 1 aromatic heterocycles. The molecule has 5 nitrogen and oxygen atoms in total. The number of nitrogens with one attached hydrogen (secondary N) is 1. The zero-order valence-electron chi connectivity index (χ0n) is 14.9. The van der Waals surface area contributed by atoms with E-state index >= 15 is 0 Å². The Bertz CT molecular complexity index is 1040. The Hall–Kier alpha value is -3.25. The van der Waals surface area contributed by atoms with Crippen molar-refractivity contribution in [2.45, 2.75) is 6.92 Å². The molecule has 1 heterocycles. The highest BCUT2D eigenvalue weighted by molar-refractivity contribution is 6.33. The van der Waals surface area contributed by atoms with Gasteiger partial charge in [0.25, 0.3) is 5.91 Å². The second kappa shape index (κ2) is 8.63. The molecular weight excluding hydrogens is 383 g/mol. The third-order valence-corrected chi connectivity index (χ3v) is 4.18. The zero-order valence-corrected chi connectivity index (χ0v) is 15.7. The number of amides is 1. The minimum Gasteiger partial charge on any atom is -0.462 e. The van der Waals surface area contributed by atoms with Crippen molar-refractivity contribution in [3.8, 4) is 11.3 Å². The summed E-state index contributed by atoms with van der Waals surface area (Å²) in [6, 6.07) is 13.6. The monoisotopic (exact) mass is 398 g/mol. The number of ether oxygens (including phenoxy) is 1. The Morgan fingerprint density at radius 1 is 1.11 bits per heavy atom. The molecule has 28 heavy (non-hydrogen) atoms. The maximum Gasteiger partial charge on any atom is 0.338 e. The number of esters is 1. The maximum atomic E-state index is 14.5. The quantitative estimate of drug-likeness (QED) is 0.616. The van der Waals surface area contributed by atoms with Gasteiger partial charge < -0.3 is 10.1 Å². The summed E-state index contributed by atoms with van der Waals surface area (Å²) in [5.74, 6) is -1.62. The summed E-state index contributed by atoms with van der Waals surface area (Å²) in [7, 11) is 0. The van der Waals surface area contributed by atoms with Crippen molar-refractivity contribution in [2.24, 2.45) is 0 Å². The van der Waals surface area contributed by atoms with Crippen molar-refractivity contribution >= 4 is 29.2 Å². The summed E-state index contributed by atoms with van der Waals surface area (Å²) in [5.41, 5.74) is 1.33. The lowest BCUT2D eigenvalue weighted by molar-refractivity contribution is 0.0526. The molecule has 0 bridgehead atoms. The van der Waals surface area contributed by atoms with Crippen LogP contribution in [0.4, 0.5) is 10.1 Å². The van der Waals surface area contributed by atoms with Crippen molar-refractivity contribution in [3.05, 3.63) is 82.8 Å². The molecule has 2 aromatic carbocycles. The molecule has 0 aliphatic rings. The first-order valence-corrected chi connectivity index (χ1v) is 8.86. The normalized spacial score (nSPS) is 10.4. The van der Waals surface area contributed by atoms with Gasteiger partial charge in [-0.1, -0.05) is 17.7 Å². The van der Waals surface area contributed by atoms with Gasteiger partial charge in [0.15, 0.2) is 0 Å². The van der Waals surface area contributed by atoms with Crippen molar-refractivity contribution < 1.29 is 18.7 Å². The van der Waals surface area contributed by atoms with Crippen LogP contribution in [-0.2, 0) is 4.74 Å². The summed E-state index contributed by atoms with van der Waals surface area (Å²) in [5, 5.41) is 2.95. The van der Waals surface area contributed by atoms with Gasteiger partial charge in [0, 0.05) is 23.0 Å². The van der Waals surface area contributed by atoms with Crippen LogP contribution >= 0.6 is 11.6 Å². The summed E-state index contributed by atoms with van der Waals surface area (Å²) >= 11 is 6.06. The van der Waals surface area contributed by atoms with Crippen molar-refractivity contribution in [1.29, 1.82) is 0 Å². The Morgan fingerprint density at radius 2 is 1.93 bits per heavy atom. The molecule has 3 rings (SSSR count). The number of hydrogen-bond acceptors (Lipinski definition) is 4. The van der Waals surface area contributed by atoms with Crippen LogP contribution in [0, 0.1) is 5.82 Å². The molecule has 0 atom stereocenters. The molecule has 0 spiro atoms. The van der Waals surface area contributed by atoms with Gasteiger partial charge in [-0.05, 0) is 55.5 Å². The highest BCUT2D eigenvalue weighted by Crippen LogP contribution is 2.28. The Balaban J connectivity index is 1.80. The van der Waals surface area contributed by atoms with E-state index in [1.165, 1.54) is 24.4 Å². The number of pyridine rings is 1. The number of benzene rings is 2. The third kappa shape index (κ3) is 4.35. The summed E-state index contributed by atoms with van der Waals surface area (Å²) < 4.78 is 19.5. The van der Waals surface area contributed by atoms with Crippen LogP contribution < -0.4 is 5.32 Å². The largest absolute Gasteiger partial charge is 0.462 e. The molecule has 0 saturated carbocycles. The maximum absolute atomic E-state index is 14.5. The molecule has 0 saturated heterocycles. The van der Waals surface area contributed by atoms with E-state index in [4.69, 9.17) is 16.3 Å². The fourth-order valence-electron chi connectivity index (χ4n) is 2.57. The minimum absolute atomic E-state index is 0.120. The average Bonchev–Trinajstić information content (AvgIpc) is 2.69. The number of rotatable bonds is 5. The summed E-state index contributed by atoms with van der Waals surface area (Å²) in [4.78, 5) is 28.3. The van der Waals surface area contributed by atoms with E-state index in [0.717, 1.165) is 6.07 Å². The van der Waals surface area contributed by atoms with E-state index in [-0.39, 0.29) is 17.7 Å². The zero-order chi connectivity index (χ0) is 20.1. The number of carbonyl (C=O) groups excluding carboxylic acids is 2. The minimum atomic E-state index is -0.617. The van der Waals surface area contributed by atoms with Gasteiger partial charge in [-0.2, -0.15) is 0 Å². The third-order valence-electron chi connectivity index (χ3n) is 3.88. The molecule has 1 amide bonds. The van der Waals surface area contributed by atoms with Crippen LogP contribution in [0.3, 0.4) is 0 Å². The number of aromatic nitrogens is 1. The number of carbonyl (C=O) groups is 2. The van der Waals surface area contributed by atoms with E-state index in [2.05, 4.69) is 10.3 Å². The van der Waals surface area contributed by atoms with Crippen LogP contribution in [-0.4, -0.2) is 23.5 Å². The predicted octanol–water partition coefficient (Wildman–Crippen LogP) is 4.97. The molecule has 0 aliphatic heterocycles. The van der Waals surface area contributed by atoms with Gasteiger partial charge in [-0.3, -0.25) is 9.78 Å². The highest BCUT2D eigenvalue weighted by Gasteiger charge is 2.15. The fourth-order valence-corrected chi connectivity index (χ4v) is 2.80. The fraction of sp³-hybridized carbons (Fsp3) is 0.0952. The first kappa shape index (κ1) is 19.5. The Labute approximate surface area is 166 Å². The molecular formula is C21H16ClFN2O3. The van der Waals surface area contributed by atoms with Gasteiger partial charge in [0.2, 0.25) is 0 Å². The van der Waals surface area contributed by atoms with Gasteiger partial charge in [-0.25, -0.2) is 9.18 Å². The SMILES string of the molecule is CCOC(=O)c1cccc(NC(=O)c2ccc(-c3ncccc3Cl)c(F)c2)c1. The average molecular weight is 399 g/mol. The number of hydrogen-bond donors (Lipinski definition) is 1. The van der Waals surface area contributed by atoms with Gasteiger partial charge >= 0.3 is 5.97 Å². The predicted molar refractivity (Wildman–Crippen MR) is 105 cm³/mol. The van der Waals surface area contributed by atoms with Crippen molar-refractivity contribution in [2.75, 3.05) is 11.9 Å². The molecule has 3 aromatic rings. The number of anilines is 1. The standard InChI is InChI=1S/C21H16ClFN2O3/c1-2-28-21(27)14-5-3-6-15(11-14)25-20(26)13-8-9-16(18(23)12-13)19-17(22)7-4-10-24-19/h3-12H,2H2,1H3,(H,25,26). The molecule has 0 unspecified atom stereocenters. The smallest absolute Gasteiger partial charge is 0.338 e. The van der Waals surface area contributed by atoms with E-state index in [9.17, 15) is 14.0 Å². The van der Waals surface area contributed by atoms with Crippen LogP contribution in [0.25, 0.3) is 11.3 Å². The first-order chi connectivity index (χ1) is 13.5. The Morgan fingerprint density at radius 3 is 2.64 bits per heavy atom. The number of nitrogens with zero attached hydrogens (tertiary/aromatic N) is 1. The molecule has 142 valence electrons. The second-order valence-corrected chi connectivity index (χ2v) is 6.19. The highest BCUT2D eigenvalue weighted by atomic mass is 35.5. The number of halogens is 2. The van der Waals surface area contributed by atoms with Gasteiger partial charge in [0.1, 0.15) is 5.82 Å². The summed E-state index contributed by atoms with van der Waals surface area (Å²) in [6.07, 6.45) is 1.51. The van der Waals surface area contributed by atoms with E-state index in [1.807, 2.05) is 0 Å². The molecule has 0 radical (unpaired) electrons. The van der Waals surface area contributed by atoms with Crippen LogP contribution in [0.5, 0.6) is 0 Å². The molecule has 0 aliphatic carbocycles. The van der Waals surface area contributed by atoms with E-state index in [0.29, 0.717) is 22.0 Å². The van der Waals surface area contributed by atoms with Crippen LogP contribution in [0.15, 0.2) is 60.8 Å². The topological polar surface area (TPSA) is 68.3 Å². The van der Waals surface area contributed by atoms with Gasteiger partial charge in [-0.15, -0.1) is 0 Å². The lowest BCUT2D eigenvalue weighted by atomic mass is 10.1. The van der Waals surface area contributed by atoms with Crippen LogP contribution in [0.1, 0.15) is 27.6 Å². The molecule has 1 N–H and O–H groups in total. The van der Waals surface area contributed by atoms with Crippen molar-refractivity contribution in [1.82, 2.24) is 4.98 Å². The Kier molecular flexibility index (Phi) is 6.01. The lowest BCUT2D eigenvalue weighted by Crippen LogP contribution is -2.13. The molecule has 0 fully saturated rings. The van der Waals surface area contributed by atoms with Crippen molar-refractivity contribution in [3.63, 3.8) is 0 Å². The van der Waals surface area contributed by atoms with Crippen LogP contribution in [0.2, 0.25) is 5.02 Å². The van der Waals surface area contributed by atoms with Gasteiger partial charge in [0.05, 0.1) is 22.9 Å². The van der Waals surface area contributed by atoms with E-state index in [1.54, 1.807) is 37.3 Å². The lowest BCUT2D eigenvalue weighted by Gasteiger charge is -2.09. The second-order valence-electron chi connectivity index (χ2n) is 5.78. The summed E-state index contributed by atoms with van der Waals surface area (Å²) in [6.45, 7) is 1.96.